The summed E-state index contributed by atoms with van der Waals surface area (Å²) in [7, 11) is 1.42. The minimum atomic E-state index is -0.447. The van der Waals surface area contributed by atoms with Crippen LogP contribution in [-0.4, -0.2) is 12.0 Å². The van der Waals surface area contributed by atoms with Crippen molar-refractivity contribution in [1.29, 1.82) is 0 Å². The van der Waals surface area contributed by atoms with Crippen LogP contribution in [0.2, 0.25) is 0 Å². The zero-order valence-corrected chi connectivity index (χ0v) is 14.3. The molecule has 5 nitrogen and oxygen atoms in total. The van der Waals surface area contributed by atoms with E-state index >= 15 is 0 Å². The second kappa shape index (κ2) is 6.91. The lowest BCUT2D eigenvalue weighted by Gasteiger charge is -2.10. The van der Waals surface area contributed by atoms with Crippen molar-refractivity contribution in [3.63, 3.8) is 0 Å². The first-order valence-corrected chi connectivity index (χ1v) is 7.60. The quantitative estimate of drug-likeness (QED) is 0.565. The Morgan fingerprint density at radius 1 is 1.24 bits per heavy atom. The molecule has 0 heterocycles. The third kappa shape index (κ3) is 3.95. The number of nitrogens with one attached hydrogen (secondary N) is 1. The maximum Gasteiger partial charge on any atom is 0.311 e. The van der Waals surface area contributed by atoms with E-state index in [2.05, 4.69) is 37.2 Å². The molecule has 0 aromatic heterocycles. The van der Waals surface area contributed by atoms with Crippen LogP contribution >= 0.6 is 31.9 Å². The molecule has 0 aliphatic heterocycles. The molecule has 0 fully saturated rings. The lowest BCUT2D eigenvalue weighted by Crippen LogP contribution is -2.02. The summed E-state index contributed by atoms with van der Waals surface area (Å²) in [4.78, 5) is 10.5. The van der Waals surface area contributed by atoms with Crippen LogP contribution in [0.15, 0.2) is 45.3 Å². The van der Waals surface area contributed by atoms with E-state index in [0.29, 0.717) is 6.54 Å². The van der Waals surface area contributed by atoms with Crippen molar-refractivity contribution in [1.82, 2.24) is 0 Å². The van der Waals surface area contributed by atoms with Gasteiger partial charge in [-0.3, -0.25) is 10.1 Å². The lowest BCUT2D eigenvalue weighted by atomic mass is 10.2. The van der Waals surface area contributed by atoms with Crippen LogP contribution in [0.3, 0.4) is 0 Å². The van der Waals surface area contributed by atoms with Crippen LogP contribution in [0.1, 0.15) is 5.56 Å². The predicted octanol–water partition coefficient (Wildman–Crippen LogP) is 4.74. The fraction of sp³-hybridized carbons (Fsp3) is 0.143. The smallest absolute Gasteiger partial charge is 0.311 e. The van der Waals surface area contributed by atoms with Crippen molar-refractivity contribution in [2.24, 2.45) is 0 Å². The molecule has 2 aromatic rings. The number of hydrogen-bond acceptors (Lipinski definition) is 4. The minimum absolute atomic E-state index is 0.0355. The third-order valence-electron chi connectivity index (χ3n) is 2.85. The first kappa shape index (κ1) is 15.8. The Bertz CT molecular complexity index is 677. The van der Waals surface area contributed by atoms with Crippen molar-refractivity contribution in [2.75, 3.05) is 12.4 Å². The maximum absolute atomic E-state index is 11.0. The van der Waals surface area contributed by atoms with Gasteiger partial charge in [0.15, 0.2) is 5.75 Å². The van der Waals surface area contributed by atoms with E-state index in [-0.39, 0.29) is 11.4 Å². The topological polar surface area (TPSA) is 64.4 Å². The molecule has 2 rings (SSSR count). The molecule has 2 aromatic carbocycles. The van der Waals surface area contributed by atoms with E-state index in [1.807, 2.05) is 18.2 Å². The Hall–Kier alpha value is -1.60. The Balaban J connectivity index is 2.16. The summed E-state index contributed by atoms with van der Waals surface area (Å²) >= 11 is 6.85. The van der Waals surface area contributed by atoms with Crippen LogP contribution in [0.25, 0.3) is 0 Å². The van der Waals surface area contributed by atoms with Crippen LogP contribution in [0, 0.1) is 10.1 Å². The van der Waals surface area contributed by atoms with E-state index in [1.165, 1.54) is 13.2 Å². The van der Waals surface area contributed by atoms with Gasteiger partial charge in [0.05, 0.1) is 12.0 Å². The number of hydrogen-bond donors (Lipinski definition) is 1. The second-order valence-corrected chi connectivity index (χ2v) is 6.01. The summed E-state index contributed by atoms with van der Waals surface area (Å²) in [5, 5.41) is 14.2. The standard InChI is InChI=1S/C14H12Br2N2O3/c1-21-14-5-2-9(6-13(14)18(19)20)8-17-12-4-3-10(15)7-11(12)16/h2-7,17H,8H2,1H3. The predicted molar refractivity (Wildman–Crippen MR) is 88.8 cm³/mol. The van der Waals surface area contributed by atoms with Gasteiger partial charge in [-0.25, -0.2) is 0 Å². The molecule has 1 N–H and O–H groups in total. The largest absolute Gasteiger partial charge is 0.490 e. The fourth-order valence-corrected chi connectivity index (χ4v) is 3.01. The molecule has 21 heavy (non-hydrogen) atoms. The van der Waals surface area contributed by atoms with Gasteiger partial charge < -0.3 is 10.1 Å². The Morgan fingerprint density at radius 3 is 2.62 bits per heavy atom. The zero-order chi connectivity index (χ0) is 15.4. The van der Waals surface area contributed by atoms with E-state index in [1.54, 1.807) is 12.1 Å². The number of nitro benzene ring substituents is 1. The number of ether oxygens (including phenoxy) is 1. The highest BCUT2D eigenvalue weighted by Gasteiger charge is 2.15. The highest BCUT2D eigenvalue weighted by atomic mass is 79.9. The van der Waals surface area contributed by atoms with Crippen LogP contribution in [0.4, 0.5) is 11.4 Å². The van der Waals surface area contributed by atoms with Crippen LogP contribution in [0.5, 0.6) is 5.75 Å². The molecule has 0 amide bonds. The van der Waals surface area contributed by atoms with Gasteiger partial charge in [0.1, 0.15) is 0 Å². The molecule has 0 saturated carbocycles. The number of nitrogens with zero attached hydrogens (tertiary/aromatic N) is 1. The van der Waals surface area contributed by atoms with Gasteiger partial charge >= 0.3 is 5.69 Å². The van der Waals surface area contributed by atoms with Crippen molar-refractivity contribution in [2.45, 2.75) is 6.54 Å². The SMILES string of the molecule is COc1ccc(CNc2ccc(Br)cc2Br)cc1[N+](=O)[O-]. The van der Waals surface area contributed by atoms with Gasteiger partial charge in [0.25, 0.3) is 0 Å². The molecule has 0 saturated heterocycles. The summed E-state index contributed by atoms with van der Waals surface area (Å²) in [6, 6.07) is 10.7. The highest BCUT2D eigenvalue weighted by molar-refractivity contribution is 9.11. The van der Waals surface area contributed by atoms with Gasteiger partial charge in [-0.15, -0.1) is 0 Å². The summed E-state index contributed by atoms with van der Waals surface area (Å²) in [6.45, 7) is 0.477. The van der Waals surface area contributed by atoms with Crippen molar-refractivity contribution < 1.29 is 9.66 Å². The zero-order valence-electron chi connectivity index (χ0n) is 11.1. The lowest BCUT2D eigenvalue weighted by molar-refractivity contribution is -0.385. The summed E-state index contributed by atoms with van der Waals surface area (Å²) in [6.07, 6.45) is 0. The molecule has 0 atom stereocenters. The van der Waals surface area contributed by atoms with Crippen molar-refractivity contribution in [3.05, 3.63) is 61.0 Å². The third-order valence-corrected chi connectivity index (χ3v) is 4.00. The number of nitro groups is 1. The van der Waals surface area contributed by atoms with Crippen LogP contribution in [-0.2, 0) is 6.54 Å². The van der Waals surface area contributed by atoms with Gasteiger partial charge in [0, 0.05) is 27.2 Å². The molecular formula is C14H12Br2N2O3. The normalized spacial score (nSPS) is 10.2. The number of rotatable bonds is 5. The molecular weight excluding hydrogens is 404 g/mol. The maximum atomic E-state index is 11.0. The fourth-order valence-electron chi connectivity index (χ4n) is 1.82. The first-order valence-electron chi connectivity index (χ1n) is 6.01. The van der Waals surface area contributed by atoms with Crippen molar-refractivity contribution >= 4 is 43.2 Å². The summed E-state index contributed by atoms with van der Waals surface area (Å²) in [5.74, 6) is 0.258. The molecule has 0 unspecified atom stereocenters. The first-order chi connectivity index (χ1) is 10.0. The number of anilines is 1. The van der Waals surface area contributed by atoms with E-state index in [4.69, 9.17) is 4.74 Å². The van der Waals surface area contributed by atoms with Gasteiger partial charge in [-0.2, -0.15) is 0 Å². The molecule has 0 spiro atoms. The Kier molecular flexibility index (Phi) is 5.19. The summed E-state index contributed by atoms with van der Waals surface area (Å²) < 4.78 is 6.87. The van der Waals surface area contributed by atoms with E-state index < -0.39 is 4.92 Å². The molecule has 0 radical (unpaired) electrons. The van der Waals surface area contributed by atoms with Crippen LogP contribution < -0.4 is 10.1 Å². The van der Waals surface area contributed by atoms with E-state index in [9.17, 15) is 10.1 Å². The van der Waals surface area contributed by atoms with Gasteiger partial charge in [0.2, 0.25) is 0 Å². The molecule has 0 bridgehead atoms. The highest BCUT2D eigenvalue weighted by Crippen LogP contribution is 2.29. The second-order valence-electron chi connectivity index (χ2n) is 4.24. The monoisotopic (exact) mass is 414 g/mol. The van der Waals surface area contributed by atoms with Gasteiger partial charge in [-0.05, 0) is 45.8 Å². The average Bonchev–Trinajstić information content (AvgIpc) is 2.46. The van der Waals surface area contributed by atoms with E-state index in [0.717, 1.165) is 20.2 Å². The number of benzene rings is 2. The molecule has 7 heteroatoms. The average molecular weight is 416 g/mol. The van der Waals surface area contributed by atoms with Crippen molar-refractivity contribution in [3.8, 4) is 5.75 Å². The number of methoxy groups -OCH3 is 1. The van der Waals surface area contributed by atoms with Gasteiger partial charge in [-0.1, -0.05) is 22.0 Å². The number of halogens is 2. The summed E-state index contributed by atoms with van der Waals surface area (Å²) in [5.41, 5.74) is 1.68. The molecule has 0 aliphatic rings. The Morgan fingerprint density at radius 2 is 2.00 bits per heavy atom. The molecule has 0 aliphatic carbocycles. The Labute approximate surface area is 138 Å². The molecule has 110 valence electrons. The minimum Gasteiger partial charge on any atom is -0.490 e.